The van der Waals surface area contributed by atoms with Gasteiger partial charge in [-0.25, -0.2) is 0 Å². The first kappa shape index (κ1) is 18.1. The van der Waals surface area contributed by atoms with Crippen LogP contribution in [0.3, 0.4) is 0 Å². The summed E-state index contributed by atoms with van der Waals surface area (Å²) >= 11 is 0. The Labute approximate surface area is 164 Å². The van der Waals surface area contributed by atoms with Gasteiger partial charge in [0, 0.05) is 10.9 Å². The number of nitrogens with one attached hydrogen (secondary N) is 3. The van der Waals surface area contributed by atoms with E-state index in [2.05, 4.69) is 26.1 Å². The second-order valence-electron chi connectivity index (χ2n) is 6.22. The van der Waals surface area contributed by atoms with Gasteiger partial charge in [-0.15, -0.1) is 0 Å². The molecule has 0 aliphatic rings. The van der Waals surface area contributed by atoms with Crippen LogP contribution in [0.5, 0.6) is 0 Å². The van der Waals surface area contributed by atoms with Crippen LogP contribution >= 0.6 is 0 Å². The van der Waals surface area contributed by atoms with Gasteiger partial charge in [0.05, 0.1) is 17.4 Å². The second-order valence-corrected chi connectivity index (χ2v) is 6.22. The molecule has 29 heavy (non-hydrogen) atoms. The average Bonchev–Trinajstić information content (AvgIpc) is 3.25. The van der Waals surface area contributed by atoms with Crippen LogP contribution in [0.1, 0.15) is 10.5 Å². The maximum absolute atomic E-state index is 12.2. The lowest BCUT2D eigenvalue weighted by Gasteiger charge is -2.10. The summed E-state index contributed by atoms with van der Waals surface area (Å²) in [6, 6.07) is 17.8. The largest absolute Gasteiger partial charge is 0.287 e. The molecule has 2 aromatic carbocycles. The molecule has 0 bridgehead atoms. The van der Waals surface area contributed by atoms with Crippen LogP contribution in [0.4, 0.5) is 0 Å². The highest BCUT2D eigenvalue weighted by Gasteiger charge is 2.13. The Hall–Kier alpha value is -4.27. The zero-order chi connectivity index (χ0) is 20.2. The van der Waals surface area contributed by atoms with Crippen LogP contribution in [-0.4, -0.2) is 31.8 Å². The van der Waals surface area contributed by atoms with E-state index in [9.17, 15) is 14.4 Å². The molecule has 0 saturated heterocycles. The van der Waals surface area contributed by atoms with Gasteiger partial charge in [0.25, 0.3) is 11.8 Å². The van der Waals surface area contributed by atoms with Gasteiger partial charge in [0.15, 0.2) is 0 Å². The molecule has 0 saturated carbocycles. The first-order valence-electron chi connectivity index (χ1n) is 8.77. The molecule has 4 aromatic rings. The Morgan fingerprint density at radius 3 is 2.59 bits per heavy atom. The molecule has 9 heteroatoms. The molecule has 2 aromatic heterocycles. The van der Waals surface area contributed by atoms with Gasteiger partial charge < -0.3 is 0 Å². The molecule has 0 spiro atoms. The van der Waals surface area contributed by atoms with E-state index in [1.54, 1.807) is 30.3 Å². The minimum atomic E-state index is -0.536. The Morgan fingerprint density at radius 1 is 1.00 bits per heavy atom. The van der Waals surface area contributed by atoms with Gasteiger partial charge >= 0.3 is 0 Å². The molecule has 0 radical (unpaired) electrons. The van der Waals surface area contributed by atoms with Crippen molar-refractivity contribution in [3.8, 4) is 11.3 Å². The third kappa shape index (κ3) is 3.88. The molecular weight excluding hydrogens is 372 g/mol. The number of nitrogens with zero attached hydrogens (tertiary/aromatic N) is 3. The molecule has 4 rings (SSSR count). The Kier molecular flexibility index (Phi) is 4.85. The predicted octanol–water partition coefficient (Wildman–Crippen LogP) is 1.25. The van der Waals surface area contributed by atoms with Crippen LogP contribution in [0.2, 0.25) is 0 Å². The highest BCUT2D eigenvalue weighted by atomic mass is 16.2. The number of aromatic nitrogens is 4. The Balaban J connectivity index is 1.40. The molecule has 144 valence electrons. The topological polar surface area (TPSA) is 122 Å². The number of hydrazine groups is 1. The number of aromatic amines is 1. The van der Waals surface area contributed by atoms with Crippen LogP contribution in [0, 0.1) is 0 Å². The number of H-pyrrole nitrogens is 1. The van der Waals surface area contributed by atoms with Gasteiger partial charge in [-0.2, -0.15) is 10.2 Å². The van der Waals surface area contributed by atoms with Crippen LogP contribution < -0.4 is 16.3 Å². The molecule has 9 nitrogen and oxygen atoms in total. The van der Waals surface area contributed by atoms with E-state index >= 15 is 0 Å². The van der Waals surface area contributed by atoms with Crippen LogP contribution in [0.25, 0.3) is 22.2 Å². The monoisotopic (exact) mass is 388 g/mol. The van der Waals surface area contributed by atoms with Crippen molar-refractivity contribution in [2.75, 3.05) is 0 Å². The van der Waals surface area contributed by atoms with Crippen molar-refractivity contribution < 1.29 is 9.59 Å². The lowest BCUT2D eigenvalue weighted by Crippen LogP contribution is -2.43. The van der Waals surface area contributed by atoms with Gasteiger partial charge in [0.2, 0.25) is 5.43 Å². The molecule has 0 fully saturated rings. The van der Waals surface area contributed by atoms with Crippen molar-refractivity contribution in [1.82, 2.24) is 30.8 Å². The zero-order valence-corrected chi connectivity index (χ0v) is 15.1. The van der Waals surface area contributed by atoms with E-state index in [0.717, 1.165) is 11.8 Å². The number of hydrogen-bond acceptors (Lipinski definition) is 5. The molecule has 0 atom stereocenters. The summed E-state index contributed by atoms with van der Waals surface area (Å²) in [6.07, 6.45) is 1.16. The lowest BCUT2D eigenvalue weighted by molar-refractivity contribution is -0.122. The summed E-state index contributed by atoms with van der Waals surface area (Å²) in [5.41, 5.74) is 6.66. The molecular formula is C20H16N6O3. The van der Waals surface area contributed by atoms with E-state index in [1.807, 2.05) is 30.3 Å². The van der Waals surface area contributed by atoms with Crippen molar-refractivity contribution >= 4 is 22.7 Å². The van der Waals surface area contributed by atoms with E-state index in [4.69, 9.17) is 0 Å². The third-order valence-electron chi connectivity index (χ3n) is 4.26. The lowest BCUT2D eigenvalue weighted by atomic mass is 10.1. The Bertz CT molecular complexity index is 1250. The highest BCUT2D eigenvalue weighted by molar-refractivity contribution is 5.94. The van der Waals surface area contributed by atoms with Crippen molar-refractivity contribution in [2.45, 2.75) is 6.54 Å². The summed E-state index contributed by atoms with van der Waals surface area (Å²) in [5, 5.41) is 11.2. The third-order valence-corrected chi connectivity index (χ3v) is 4.26. The number of rotatable bonds is 4. The summed E-state index contributed by atoms with van der Waals surface area (Å²) in [4.78, 5) is 36.3. The van der Waals surface area contributed by atoms with Crippen molar-refractivity contribution in [1.29, 1.82) is 0 Å². The summed E-state index contributed by atoms with van der Waals surface area (Å²) < 4.78 is 1.39. The van der Waals surface area contributed by atoms with E-state index in [0.29, 0.717) is 16.6 Å². The normalized spacial score (nSPS) is 10.6. The van der Waals surface area contributed by atoms with Gasteiger partial charge in [-0.1, -0.05) is 42.5 Å². The molecule has 0 aliphatic heterocycles. The van der Waals surface area contributed by atoms with Gasteiger partial charge in [-0.3, -0.25) is 35.0 Å². The Morgan fingerprint density at radius 2 is 1.76 bits per heavy atom. The predicted molar refractivity (Wildman–Crippen MR) is 106 cm³/mol. The van der Waals surface area contributed by atoms with Crippen molar-refractivity contribution in [3.05, 3.63) is 82.8 Å². The number of para-hydroxylation sites is 1. The molecule has 2 heterocycles. The number of hydrogen-bond donors (Lipinski definition) is 3. The van der Waals surface area contributed by atoms with E-state index in [1.165, 1.54) is 4.68 Å². The molecule has 0 unspecified atom stereocenters. The SMILES string of the molecule is O=C(Cn1ncc(=O)c2ccccc21)NNC(=O)c1cc(-c2ccccc2)n[nH]1. The van der Waals surface area contributed by atoms with Gasteiger partial charge in [0.1, 0.15) is 12.2 Å². The average molecular weight is 388 g/mol. The van der Waals surface area contributed by atoms with Crippen LogP contribution in [-0.2, 0) is 11.3 Å². The zero-order valence-electron chi connectivity index (χ0n) is 15.1. The minimum absolute atomic E-state index is 0.167. The number of benzene rings is 2. The number of fused-ring (bicyclic) bond motifs is 1. The van der Waals surface area contributed by atoms with Gasteiger partial charge in [-0.05, 0) is 18.2 Å². The summed E-state index contributed by atoms with van der Waals surface area (Å²) in [7, 11) is 0. The maximum atomic E-state index is 12.2. The smallest absolute Gasteiger partial charge is 0.287 e. The van der Waals surface area contributed by atoms with Crippen molar-refractivity contribution in [3.63, 3.8) is 0 Å². The maximum Gasteiger partial charge on any atom is 0.287 e. The molecule has 3 N–H and O–H groups in total. The highest BCUT2D eigenvalue weighted by Crippen LogP contribution is 2.16. The van der Waals surface area contributed by atoms with E-state index in [-0.39, 0.29) is 17.7 Å². The number of amides is 2. The molecule has 2 amide bonds. The van der Waals surface area contributed by atoms with Crippen molar-refractivity contribution in [2.24, 2.45) is 0 Å². The molecule has 0 aliphatic carbocycles. The minimum Gasteiger partial charge on any atom is -0.287 e. The van der Waals surface area contributed by atoms with E-state index < -0.39 is 11.8 Å². The fourth-order valence-electron chi connectivity index (χ4n) is 2.85. The standard InChI is InChI=1S/C20H16N6O3/c27-18-11-21-26(17-9-5-4-8-14(17)18)12-19(28)24-25-20(29)16-10-15(22-23-16)13-6-2-1-3-7-13/h1-11H,12H2,(H,22,23)(H,24,28)(H,25,29). The summed E-state index contributed by atoms with van der Waals surface area (Å²) in [6.45, 7) is -0.167. The number of carbonyl (C=O) groups excluding carboxylic acids is 2. The fraction of sp³-hybridized carbons (Fsp3) is 0.0500. The quantitative estimate of drug-likeness (QED) is 0.454. The first-order valence-corrected chi connectivity index (χ1v) is 8.77. The first-order chi connectivity index (χ1) is 14.1. The van der Waals surface area contributed by atoms with Crippen LogP contribution in [0.15, 0.2) is 71.7 Å². The fourth-order valence-corrected chi connectivity index (χ4v) is 2.85. The summed E-state index contributed by atoms with van der Waals surface area (Å²) in [5.74, 6) is -1.03. The second kappa shape index (κ2) is 7.77. The number of carbonyl (C=O) groups is 2.